The van der Waals surface area contributed by atoms with Gasteiger partial charge in [-0.3, -0.25) is 4.79 Å². The van der Waals surface area contributed by atoms with Crippen molar-refractivity contribution >= 4 is 11.5 Å². The van der Waals surface area contributed by atoms with Gasteiger partial charge in [-0.2, -0.15) is 0 Å². The van der Waals surface area contributed by atoms with Gasteiger partial charge >= 0.3 is 0 Å². The molecule has 1 aliphatic heterocycles. The van der Waals surface area contributed by atoms with Gasteiger partial charge < -0.3 is 10.2 Å². The third-order valence-electron chi connectivity index (χ3n) is 5.05. The Morgan fingerprint density at radius 2 is 1.96 bits per heavy atom. The number of nitrogens with one attached hydrogen (secondary N) is 1. The Balaban J connectivity index is 1.68. The maximum atomic E-state index is 12.4. The predicted molar refractivity (Wildman–Crippen MR) is 98.2 cm³/mol. The number of benzene rings is 1. The van der Waals surface area contributed by atoms with Crippen molar-refractivity contribution in [2.45, 2.75) is 51.9 Å². The molecular weight excluding hydrogens is 284 g/mol. The number of ketones is 1. The van der Waals surface area contributed by atoms with Gasteiger partial charge in [0, 0.05) is 24.7 Å². The van der Waals surface area contributed by atoms with Gasteiger partial charge in [0.15, 0.2) is 5.78 Å². The fourth-order valence-corrected chi connectivity index (χ4v) is 3.53. The summed E-state index contributed by atoms with van der Waals surface area (Å²) < 4.78 is 0. The number of piperidine rings is 1. The quantitative estimate of drug-likeness (QED) is 0.676. The number of likely N-dealkylation sites (tertiary alicyclic amines) is 1. The first-order valence-corrected chi connectivity index (χ1v) is 9.27. The van der Waals surface area contributed by atoms with E-state index < -0.39 is 0 Å². The van der Waals surface area contributed by atoms with Crippen LogP contribution >= 0.6 is 0 Å². The van der Waals surface area contributed by atoms with Crippen molar-refractivity contribution in [1.82, 2.24) is 4.90 Å². The minimum absolute atomic E-state index is 0.257. The molecule has 3 heteroatoms. The lowest BCUT2D eigenvalue weighted by molar-refractivity contribution is 0.0970. The number of carbonyl (C=O) groups is 1. The van der Waals surface area contributed by atoms with E-state index in [0.717, 1.165) is 30.1 Å². The lowest BCUT2D eigenvalue weighted by atomic mass is 9.91. The van der Waals surface area contributed by atoms with Gasteiger partial charge in [-0.15, -0.1) is 0 Å². The number of rotatable bonds is 9. The van der Waals surface area contributed by atoms with Gasteiger partial charge in [-0.05, 0) is 56.9 Å². The van der Waals surface area contributed by atoms with Crippen LogP contribution in [0.15, 0.2) is 24.3 Å². The van der Waals surface area contributed by atoms with E-state index in [1.54, 1.807) is 0 Å². The second kappa shape index (κ2) is 9.71. The van der Waals surface area contributed by atoms with E-state index in [1.165, 1.54) is 45.2 Å². The first-order valence-electron chi connectivity index (χ1n) is 9.27. The van der Waals surface area contributed by atoms with Crippen molar-refractivity contribution in [1.29, 1.82) is 0 Å². The minimum atomic E-state index is 0.257. The van der Waals surface area contributed by atoms with Crippen molar-refractivity contribution in [3.63, 3.8) is 0 Å². The summed E-state index contributed by atoms with van der Waals surface area (Å²) in [6.07, 6.45) is 8.40. The summed E-state index contributed by atoms with van der Waals surface area (Å²) in [5.74, 6) is 1.20. The summed E-state index contributed by atoms with van der Waals surface area (Å²) in [6, 6.07) is 7.79. The van der Waals surface area contributed by atoms with Gasteiger partial charge in [0.25, 0.3) is 0 Å². The van der Waals surface area contributed by atoms with Crippen molar-refractivity contribution in [3.05, 3.63) is 29.8 Å². The molecule has 1 heterocycles. The van der Waals surface area contributed by atoms with Crippen LogP contribution in [0.3, 0.4) is 0 Å². The maximum absolute atomic E-state index is 12.4. The molecule has 2 rings (SSSR count). The van der Waals surface area contributed by atoms with Crippen LogP contribution in [0.25, 0.3) is 0 Å². The van der Waals surface area contributed by atoms with Crippen molar-refractivity contribution in [2.75, 3.05) is 32.0 Å². The van der Waals surface area contributed by atoms with Crippen LogP contribution in [-0.4, -0.2) is 37.4 Å². The summed E-state index contributed by atoms with van der Waals surface area (Å²) in [5, 5.41) is 3.11. The molecule has 0 aliphatic carbocycles. The Kier molecular flexibility index (Phi) is 7.60. The molecule has 1 aliphatic rings. The highest BCUT2D eigenvalue weighted by Gasteiger charge is 2.18. The van der Waals surface area contributed by atoms with E-state index in [4.69, 9.17) is 0 Å². The average Bonchev–Trinajstić information content (AvgIpc) is 2.61. The van der Waals surface area contributed by atoms with Crippen LogP contribution in [0.5, 0.6) is 0 Å². The number of nitrogens with zero attached hydrogens (tertiary/aromatic N) is 1. The average molecular weight is 316 g/mol. The number of hydrogen-bond acceptors (Lipinski definition) is 3. The Morgan fingerprint density at radius 1 is 1.22 bits per heavy atom. The molecular formula is C20H32N2O. The first-order chi connectivity index (χ1) is 11.2. The molecule has 0 amide bonds. The summed E-state index contributed by atoms with van der Waals surface area (Å²) in [4.78, 5) is 14.9. The first kappa shape index (κ1) is 18.0. The van der Waals surface area contributed by atoms with Crippen LogP contribution in [0.2, 0.25) is 0 Å². The van der Waals surface area contributed by atoms with E-state index in [1.807, 2.05) is 31.3 Å². The Labute approximate surface area is 141 Å². The molecule has 128 valence electrons. The second-order valence-corrected chi connectivity index (χ2v) is 6.75. The fraction of sp³-hybridized carbons (Fsp3) is 0.650. The molecule has 0 bridgehead atoms. The van der Waals surface area contributed by atoms with Crippen LogP contribution in [0, 0.1) is 5.92 Å². The molecule has 0 saturated carbocycles. The highest BCUT2D eigenvalue weighted by molar-refractivity contribution is 6.01. The fourth-order valence-electron chi connectivity index (χ4n) is 3.53. The normalized spacial score (nSPS) is 16.4. The molecule has 3 nitrogen and oxygen atoms in total. The smallest absolute Gasteiger partial charge is 0.164 e. The molecule has 0 atom stereocenters. The third-order valence-corrected chi connectivity index (χ3v) is 5.05. The number of unbranched alkanes of at least 4 members (excludes halogenated alkanes) is 1. The van der Waals surface area contributed by atoms with Crippen LogP contribution in [0.4, 0.5) is 5.69 Å². The number of hydrogen-bond donors (Lipinski definition) is 1. The van der Waals surface area contributed by atoms with Crippen molar-refractivity contribution < 1.29 is 4.79 Å². The molecule has 1 fully saturated rings. The van der Waals surface area contributed by atoms with E-state index in [0.29, 0.717) is 6.42 Å². The van der Waals surface area contributed by atoms with E-state index in [-0.39, 0.29) is 5.78 Å². The van der Waals surface area contributed by atoms with Gasteiger partial charge in [0.2, 0.25) is 0 Å². The zero-order chi connectivity index (χ0) is 16.5. The van der Waals surface area contributed by atoms with Gasteiger partial charge in [0.05, 0.1) is 0 Å². The molecule has 1 saturated heterocycles. The van der Waals surface area contributed by atoms with Crippen molar-refractivity contribution in [3.8, 4) is 0 Å². The molecule has 0 unspecified atom stereocenters. The zero-order valence-corrected chi connectivity index (χ0v) is 14.8. The van der Waals surface area contributed by atoms with Crippen molar-refractivity contribution in [2.24, 2.45) is 5.92 Å². The summed E-state index contributed by atoms with van der Waals surface area (Å²) in [7, 11) is 1.87. The number of carbonyl (C=O) groups excluding carboxylic acids is 1. The molecule has 23 heavy (non-hydrogen) atoms. The second-order valence-electron chi connectivity index (χ2n) is 6.75. The van der Waals surface area contributed by atoms with Gasteiger partial charge in [-0.1, -0.05) is 38.3 Å². The molecule has 0 radical (unpaired) electrons. The molecule has 1 aromatic rings. The standard InChI is InChI=1S/C20H32N2O/c1-3-4-8-17-12-15-22(16-13-17)14-7-11-20(23)18-9-5-6-10-19(18)21-2/h5-6,9-10,17,21H,3-4,7-8,11-16H2,1-2H3. The van der Waals surface area contributed by atoms with Crippen LogP contribution < -0.4 is 5.32 Å². The van der Waals surface area contributed by atoms with Gasteiger partial charge in [0.1, 0.15) is 0 Å². The lowest BCUT2D eigenvalue weighted by Crippen LogP contribution is -2.34. The Bertz CT molecular complexity index is 478. The number of anilines is 1. The highest BCUT2D eigenvalue weighted by Crippen LogP contribution is 2.23. The molecule has 0 spiro atoms. The monoisotopic (exact) mass is 316 g/mol. The third kappa shape index (κ3) is 5.65. The van der Waals surface area contributed by atoms with Gasteiger partial charge in [-0.25, -0.2) is 0 Å². The van der Waals surface area contributed by atoms with Crippen LogP contribution in [0.1, 0.15) is 62.2 Å². The number of Topliss-reactive ketones (excluding diaryl/α,β-unsaturated/α-hetero) is 1. The summed E-state index contributed by atoms with van der Waals surface area (Å²) in [5.41, 5.74) is 1.77. The summed E-state index contributed by atoms with van der Waals surface area (Å²) in [6.45, 7) is 5.78. The largest absolute Gasteiger partial charge is 0.388 e. The topological polar surface area (TPSA) is 32.3 Å². The van der Waals surface area contributed by atoms with E-state index in [9.17, 15) is 4.79 Å². The predicted octanol–water partition coefficient (Wildman–Crippen LogP) is 4.59. The van der Waals surface area contributed by atoms with E-state index in [2.05, 4.69) is 17.1 Å². The number of para-hydroxylation sites is 1. The van der Waals surface area contributed by atoms with Crippen LogP contribution in [-0.2, 0) is 0 Å². The Hall–Kier alpha value is -1.35. The minimum Gasteiger partial charge on any atom is -0.388 e. The maximum Gasteiger partial charge on any atom is 0.164 e. The lowest BCUT2D eigenvalue weighted by Gasteiger charge is -2.31. The SMILES string of the molecule is CCCCC1CCN(CCCC(=O)c2ccccc2NC)CC1. The van der Waals surface area contributed by atoms with E-state index >= 15 is 0 Å². The molecule has 1 aromatic carbocycles. The zero-order valence-electron chi connectivity index (χ0n) is 14.8. The summed E-state index contributed by atoms with van der Waals surface area (Å²) >= 11 is 0. The molecule has 0 aromatic heterocycles. The highest BCUT2D eigenvalue weighted by atomic mass is 16.1. The molecule has 1 N–H and O–H groups in total. The Morgan fingerprint density at radius 3 is 2.65 bits per heavy atom.